The molecule has 0 aromatic heterocycles. The first-order valence-corrected chi connectivity index (χ1v) is 9.26. The van der Waals surface area contributed by atoms with E-state index in [2.05, 4.69) is 6.92 Å². The third-order valence-electron chi connectivity index (χ3n) is 4.80. The van der Waals surface area contributed by atoms with Gasteiger partial charge in [-0.3, -0.25) is 4.79 Å². The van der Waals surface area contributed by atoms with Crippen LogP contribution in [0.2, 0.25) is 0 Å². The molecule has 4 heteroatoms. The van der Waals surface area contributed by atoms with E-state index in [1.165, 1.54) is 32.1 Å². The molecule has 134 valence electrons. The maximum atomic E-state index is 10.8. The smallest absolute Gasteiger partial charge is 0.306 e. The Bertz CT molecular complexity index is 366. The molecule has 23 heavy (non-hydrogen) atoms. The van der Waals surface area contributed by atoms with Crippen LogP contribution in [0.3, 0.4) is 0 Å². The van der Waals surface area contributed by atoms with E-state index in [1.54, 1.807) is 0 Å². The molecule has 4 nitrogen and oxygen atoms in total. The highest BCUT2D eigenvalue weighted by Gasteiger charge is 2.35. The second-order valence-electron chi connectivity index (χ2n) is 7.16. The van der Waals surface area contributed by atoms with Gasteiger partial charge < -0.3 is 15.3 Å². The topological polar surface area (TPSA) is 77.8 Å². The second kappa shape index (κ2) is 10.8. The van der Waals surface area contributed by atoms with Crippen molar-refractivity contribution in [2.45, 2.75) is 95.7 Å². The molecular weight excluding hydrogens is 292 g/mol. The van der Waals surface area contributed by atoms with Crippen LogP contribution >= 0.6 is 0 Å². The van der Waals surface area contributed by atoms with Crippen molar-refractivity contribution in [1.29, 1.82) is 0 Å². The van der Waals surface area contributed by atoms with Gasteiger partial charge >= 0.3 is 5.97 Å². The van der Waals surface area contributed by atoms with Crippen LogP contribution in [0.15, 0.2) is 12.2 Å². The molecule has 0 bridgehead atoms. The monoisotopic (exact) mass is 326 g/mol. The lowest BCUT2D eigenvalue weighted by Gasteiger charge is -2.34. The van der Waals surface area contributed by atoms with E-state index in [4.69, 9.17) is 5.11 Å². The van der Waals surface area contributed by atoms with E-state index in [0.29, 0.717) is 12.8 Å². The summed E-state index contributed by atoms with van der Waals surface area (Å²) in [6.45, 7) is 2.21. The molecule has 0 saturated heterocycles. The first-order chi connectivity index (χ1) is 10.9. The first-order valence-electron chi connectivity index (χ1n) is 9.26. The Kier molecular flexibility index (Phi) is 9.49. The van der Waals surface area contributed by atoms with Crippen LogP contribution in [-0.2, 0) is 4.79 Å². The maximum absolute atomic E-state index is 10.8. The minimum absolute atomic E-state index is 0.173. The van der Waals surface area contributed by atoms with Crippen LogP contribution in [0.5, 0.6) is 0 Å². The number of rotatable bonds is 11. The molecule has 3 atom stereocenters. The number of carboxylic acids is 1. The van der Waals surface area contributed by atoms with Gasteiger partial charge in [-0.1, -0.05) is 57.6 Å². The summed E-state index contributed by atoms with van der Waals surface area (Å²) in [6.07, 6.45) is 14.1. The fourth-order valence-electron chi connectivity index (χ4n) is 3.51. The van der Waals surface area contributed by atoms with E-state index in [9.17, 15) is 15.0 Å². The molecule has 1 rings (SSSR count). The van der Waals surface area contributed by atoms with Gasteiger partial charge in [0, 0.05) is 0 Å². The third-order valence-corrected chi connectivity index (χ3v) is 4.80. The van der Waals surface area contributed by atoms with Crippen molar-refractivity contribution in [2.24, 2.45) is 5.92 Å². The molecule has 1 fully saturated rings. The Morgan fingerprint density at radius 3 is 2.65 bits per heavy atom. The summed E-state index contributed by atoms with van der Waals surface area (Å²) in [5.41, 5.74) is -1.08. The Morgan fingerprint density at radius 2 is 1.96 bits per heavy atom. The minimum Gasteiger partial charge on any atom is -0.481 e. The van der Waals surface area contributed by atoms with Gasteiger partial charge in [0.15, 0.2) is 0 Å². The van der Waals surface area contributed by atoms with Gasteiger partial charge in [0.2, 0.25) is 0 Å². The summed E-state index contributed by atoms with van der Waals surface area (Å²) in [7, 11) is 0. The number of unbranched alkanes of at least 4 members (excludes halogenated alkanes) is 5. The number of carbonyl (C=O) groups is 1. The molecule has 0 heterocycles. The van der Waals surface area contributed by atoms with Gasteiger partial charge in [-0.2, -0.15) is 0 Å². The average Bonchev–Trinajstić information content (AvgIpc) is 2.47. The van der Waals surface area contributed by atoms with E-state index in [1.807, 2.05) is 12.2 Å². The number of allylic oxidation sites excluding steroid dienone is 1. The summed E-state index contributed by atoms with van der Waals surface area (Å²) >= 11 is 0. The van der Waals surface area contributed by atoms with E-state index >= 15 is 0 Å². The van der Waals surface area contributed by atoms with Gasteiger partial charge in [-0.15, -0.1) is 0 Å². The Hall–Kier alpha value is -0.870. The zero-order chi connectivity index (χ0) is 17.1. The molecule has 3 N–H and O–H groups in total. The molecule has 0 aromatic carbocycles. The summed E-state index contributed by atoms with van der Waals surface area (Å²) < 4.78 is 0. The third kappa shape index (κ3) is 9.11. The first kappa shape index (κ1) is 20.2. The molecular formula is C19H34O4. The van der Waals surface area contributed by atoms with Crippen molar-refractivity contribution in [3.63, 3.8) is 0 Å². The number of carboxylic acid groups (broad SMARTS) is 1. The van der Waals surface area contributed by atoms with Crippen LogP contribution in [0.1, 0.15) is 84.0 Å². The van der Waals surface area contributed by atoms with Crippen molar-refractivity contribution < 1.29 is 20.1 Å². The van der Waals surface area contributed by atoms with Gasteiger partial charge in [-0.25, -0.2) is 0 Å². The van der Waals surface area contributed by atoms with E-state index < -0.39 is 17.7 Å². The Morgan fingerprint density at radius 1 is 1.26 bits per heavy atom. The molecule has 0 spiro atoms. The van der Waals surface area contributed by atoms with Crippen molar-refractivity contribution in [3.05, 3.63) is 12.2 Å². The molecule has 1 aliphatic carbocycles. The molecule has 0 aromatic rings. The molecule has 0 radical (unpaired) electrons. The number of hydrogen-bond acceptors (Lipinski definition) is 3. The highest BCUT2D eigenvalue weighted by Crippen LogP contribution is 2.35. The Labute approximate surface area is 140 Å². The lowest BCUT2D eigenvalue weighted by atomic mass is 9.76. The van der Waals surface area contributed by atoms with Crippen molar-refractivity contribution in [2.75, 3.05) is 0 Å². The van der Waals surface area contributed by atoms with Gasteiger partial charge in [0.05, 0.1) is 18.1 Å². The molecule has 3 unspecified atom stereocenters. The number of aliphatic hydroxyl groups excluding tert-OH is 1. The highest BCUT2D eigenvalue weighted by molar-refractivity contribution is 5.68. The second-order valence-corrected chi connectivity index (χ2v) is 7.16. The number of aliphatic carboxylic acids is 1. The van der Waals surface area contributed by atoms with Crippen LogP contribution < -0.4 is 0 Å². The standard InChI is InChI=1S/C19H34O4/c1-2-3-4-5-6-7-10-17(20)12-11-16-9-8-13-19(23,14-16)15-18(21)22/h11-12,16-17,20,23H,2-10,13-15H2,1H3,(H,21,22)/b12-11+. The van der Waals surface area contributed by atoms with Gasteiger partial charge in [-0.05, 0) is 38.0 Å². The van der Waals surface area contributed by atoms with E-state index in [0.717, 1.165) is 25.7 Å². The van der Waals surface area contributed by atoms with Crippen LogP contribution in [0, 0.1) is 5.92 Å². The minimum atomic E-state index is -1.08. The molecule has 0 aliphatic heterocycles. The summed E-state index contributed by atoms with van der Waals surface area (Å²) in [4.78, 5) is 10.8. The summed E-state index contributed by atoms with van der Waals surface area (Å²) in [5, 5.41) is 29.3. The van der Waals surface area contributed by atoms with E-state index in [-0.39, 0.29) is 12.3 Å². The molecule has 1 aliphatic rings. The van der Waals surface area contributed by atoms with Crippen LogP contribution in [-0.4, -0.2) is 33.0 Å². The maximum Gasteiger partial charge on any atom is 0.306 e. The zero-order valence-corrected chi connectivity index (χ0v) is 14.5. The largest absolute Gasteiger partial charge is 0.481 e. The quantitative estimate of drug-likeness (QED) is 0.395. The zero-order valence-electron chi connectivity index (χ0n) is 14.5. The van der Waals surface area contributed by atoms with Crippen molar-refractivity contribution >= 4 is 5.97 Å². The average molecular weight is 326 g/mol. The lowest BCUT2D eigenvalue weighted by molar-refractivity contribution is -0.144. The highest BCUT2D eigenvalue weighted by atomic mass is 16.4. The SMILES string of the molecule is CCCCCCCCC(O)/C=C/C1CCCC(O)(CC(=O)O)C1. The van der Waals surface area contributed by atoms with Crippen molar-refractivity contribution in [1.82, 2.24) is 0 Å². The lowest BCUT2D eigenvalue weighted by Crippen LogP contribution is -2.37. The predicted octanol–water partition coefficient (Wildman–Crippen LogP) is 4.05. The molecule has 0 amide bonds. The number of hydrogen-bond donors (Lipinski definition) is 3. The van der Waals surface area contributed by atoms with Crippen LogP contribution in [0.25, 0.3) is 0 Å². The Balaban J connectivity index is 2.25. The predicted molar refractivity (Wildman–Crippen MR) is 92.3 cm³/mol. The summed E-state index contributed by atoms with van der Waals surface area (Å²) in [6, 6.07) is 0. The van der Waals surface area contributed by atoms with Gasteiger partial charge in [0.25, 0.3) is 0 Å². The fraction of sp³-hybridized carbons (Fsp3) is 0.842. The van der Waals surface area contributed by atoms with Gasteiger partial charge in [0.1, 0.15) is 0 Å². The summed E-state index contributed by atoms with van der Waals surface area (Å²) in [5.74, 6) is -0.771. The normalized spacial score (nSPS) is 26.5. The fourth-order valence-corrected chi connectivity index (χ4v) is 3.51. The molecule has 1 saturated carbocycles. The van der Waals surface area contributed by atoms with Crippen LogP contribution in [0.4, 0.5) is 0 Å². The number of aliphatic hydroxyl groups is 2. The van der Waals surface area contributed by atoms with Crippen molar-refractivity contribution in [3.8, 4) is 0 Å².